The zero-order chi connectivity index (χ0) is 24.2. The van der Waals surface area contributed by atoms with E-state index >= 15 is 0 Å². The standard InChI is InChI=1S/C22H26N2O7S/c1-13-7-9-17(11-14(13)2)24(32(6,28)29)15(3)20(25)23-19-12-16(21(26)30-4)8-10-18(19)22(27)31-5/h7-12,15H,1-6H3,(H,23,25). The summed E-state index contributed by atoms with van der Waals surface area (Å²) < 4.78 is 35.5. The fraction of sp³-hybridized carbons (Fsp3) is 0.318. The van der Waals surface area contributed by atoms with Crippen molar-refractivity contribution in [3.05, 3.63) is 58.7 Å². The number of sulfonamides is 1. The maximum atomic E-state index is 13.1. The van der Waals surface area contributed by atoms with Crippen LogP contribution in [0.2, 0.25) is 0 Å². The minimum atomic E-state index is -3.83. The number of hydrogen-bond donors (Lipinski definition) is 1. The molecule has 10 heteroatoms. The SMILES string of the molecule is COC(=O)c1ccc(C(=O)OC)c(NC(=O)C(C)N(c2ccc(C)c(C)c2)S(C)(=O)=O)c1. The second-order valence-electron chi connectivity index (χ2n) is 7.24. The second kappa shape index (κ2) is 9.82. The molecule has 0 aromatic heterocycles. The molecule has 1 unspecified atom stereocenters. The summed E-state index contributed by atoms with van der Waals surface area (Å²) in [6, 6.07) is 7.83. The molecule has 0 aliphatic rings. The number of rotatable bonds is 7. The molecule has 0 fully saturated rings. The van der Waals surface area contributed by atoms with Crippen LogP contribution in [0, 0.1) is 13.8 Å². The number of esters is 2. The number of anilines is 2. The minimum Gasteiger partial charge on any atom is -0.465 e. The first-order chi connectivity index (χ1) is 14.9. The molecule has 1 atom stereocenters. The van der Waals surface area contributed by atoms with Crippen LogP contribution in [0.3, 0.4) is 0 Å². The number of carbonyl (C=O) groups excluding carboxylic acids is 3. The highest BCUT2D eigenvalue weighted by atomic mass is 32.2. The van der Waals surface area contributed by atoms with Gasteiger partial charge in [-0.05, 0) is 62.2 Å². The summed E-state index contributed by atoms with van der Waals surface area (Å²) in [5, 5.41) is 2.54. The molecule has 32 heavy (non-hydrogen) atoms. The van der Waals surface area contributed by atoms with Gasteiger partial charge < -0.3 is 14.8 Å². The van der Waals surface area contributed by atoms with Crippen molar-refractivity contribution in [1.29, 1.82) is 0 Å². The normalized spacial score (nSPS) is 11.9. The van der Waals surface area contributed by atoms with Gasteiger partial charge in [-0.25, -0.2) is 18.0 Å². The Labute approximate surface area is 187 Å². The Morgan fingerprint density at radius 3 is 2.09 bits per heavy atom. The average molecular weight is 463 g/mol. The summed E-state index contributed by atoms with van der Waals surface area (Å²) in [6.07, 6.45) is 1.00. The lowest BCUT2D eigenvalue weighted by Gasteiger charge is -2.29. The van der Waals surface area contributed by atoms with Crippen molar-refractivity contribution in [3.63, 3.8) is 0 Å². The first-order valence-electron chi connectivity index (χ1n) is 9.59. The number of amides is 1. The van der Waals surface area contributed by atoms with Crippen LogP contribution in [0.5, 0.6) is 0 Å². The first kappa shape index (κ1) is 24.9. The molecule has 0 heterocycles. The summed E-state index contributed by atoms with van der Waals surface area (Å²) in [4.78, 5) is 37.1. The molecule has 172 valence electrons. The molecule has 0 aliphatic carbocycles. The third-order valence-electron chi connectivity index (χ3n) is 4.94. The number of hydrogen-bond acceptors (Lipinski definition) is 7. The number of carbonyl (C=O) groups is 3. The molecular formula is C22H26N2O7S. The van der Waals surface area contributed by atoms with E-state index in [1.807, 2.05) is 13.8 Å². The van der Waals surface area contributed by atoms with Crippen molar-refractivity contribution in [2.75, 3.05) is 30.1 Å². The van der Waals surface area contributed by atoms with Crippen LogP contribution in [-0.2, 0) is 24.3 Å². The van der Waals surface area contributed by atoms with E-state index in [9.17, 15) is 22.8 Å². The summed E-state index contributed by atoms with van der Waals surface area (Å²) in [5.41, 5.74) is 2.25. The number of benzene rings is 2. The highest BCUT2D eigenvalue weighted by Crippen LogP contribution is 2.25. The van der Waals surface area contributed by atoms with Gasteiger partial charge in [-0.2, -0.15) is 0 Å². The van der Waals surface area contributed by atoms with Gasteiger partial charge in [-0.1, -0.05) is 6.07 Å². The molecular weight excluding hydrogens is 436 g/mol. The molecule has 0 aliphatic heterocycles. The van der Waals surface area contributed by atoms with Crippen molar-refractivity contribution in [1.82, 2.24) is 0 Å². The average Bonchev–Trinajstić information content (AvgIpc) is 2.74. The van der Waals surface area contributed by atoms with E-state index in [0.29, 0.717) is 5.69 Å². The van der Waals surface area contributed by atoms with Crippen LogP contribution in [0.15, 0.2) is 36.4 Å². The molecule has 1 amide bonds. The molecule has 0 saturated heterocycles. The summed E-state index contributed by atoms with van der Waals surface area (Å²) in [7, 11) is -1.46. The minimum absolute atomic E-state index is 0.00205. The van der Waals surface area contributed by atoms with E-state index in [0.717, 1.165) is 21.7 Å². The van der Waals surface area contributed by atoms with E-state index in [2.05, 4.69) is 10.1 Å². The molecule has 0 saturated carbocycles. The van der Waals surface area contributed by atoms with Gasteiger partial charge in [0.2, 0.25) is 15.9 Å². The van der Waals surface area contributed by atoms with Gasteiger partial charge in [0.05, 0.1) is 43.0 Å². The lowest BCUT2D eigenvalue weighted by atomic mass is 10.1. The van der Waals surface area contributed by atoms with Gasteiger partial charge in [-0.15, -0.1) is 0 Å². The van der Waals surface area contributed by atoms with Gasteiger partial charge in [0, 0.05) is 0 Å². The van der Waals surface area contributed by atoms with Crippen LogP contribution in [0.1, 0.15) is 38.8 Å². The summed E-state index contributed by atoms with van der Waals surface area (Å²) >= 11 is 0. The van der Waals surface area contributed by atoms with Crippen molar-refractivity contribution < 1.29 is 32.3 Å². The summed E-state index contributed by atoms with van der Waals surface area (Å²) in [6.45, 7) is 5.15. The third-order valence-corrected chi connectivity index (χ3v) is 6.18. The number of aryl methyl sites for hydroxylation is 2. The Kier molecular flexibility index (Phi) is 7.63. The maximum absolute atomic E-state index is 13.1. The Morgan fingerprint density at radius 2 is 1.56 bits per heavy atom. The van der Waals surface area contributed by atoms with E-state index in [1.54, 1.807) is 18.2 Å². The molecule has 0 spiro atoms. The molecule has 9 nitrogen and oxygen atoms in total. The summed E-state index contributed by atoms with van der Waals surface area (Å²) in [5.74, 6) is -2.11. The number of ether oxygens (including phenoxy) is 2. The monoisotopic (exact) mass is 462 g/mol. The molecule has 2 aromatic rings. The fourth-order valence-electron chi connectivity index (χ4n) is 3.09. The number of nitrogens with zero attached hydrogens (tertiary/aromatic N) is 1. The molecule has 1 N–H and O–H groups in total. The van der Waals surface area contributed by atoms with E-state index < -0.39 is 33.9 Å². The second-order valence-corrected chi connectivity index (χ2v) is 9.10. The Morgan fingerprint density at radius 1 is 0.938 bits per heavy atom. The lowest BCUT2D eigenvalue weighted by molar-refractivity contribution is -0.116. The van der Waals surface area contributed by atoms with Crippen molar-refractivity contribution >= 4 is 39.2 Å². The van der Waals surface area contributed by atoms with Gasteiger partial charge >= 0.3 is 11.9 Å². The van der Waals surface area contributed by atoms with Crippen LogP contribution >= 0.6 is 0 Å². The van der Waals surface area contributed by atoms with Crippen molar-refractivity contribution in [2.24, 2.45) is 0 Å². The predicted molar refractivity (Wildman–Crippen MR) is 120 cm³/mol. The fourth-order valence-corrected chi connectivity index (χ4v) is 4.26. The lowest BCUT2D eigenvalue weighted by Crippen LogP contribution is -2.45. The smallest absolute Gasteiger partial charge is 0.339 e. The van der Waals surface area contributed by atoms with E-state index in [1.165, 1.54) is 39.3 Å². The third kappa shape index (κ3) is 5.44. The van der Waals surface area contributed by atoms with Crippen molar-refractivity contribution in [2.45, 2.75) is 26.8 Å². The highest BCUT2D eigenvalue weighted by molar-refractivity contribution is 7.92. The Bertz CT molecular complexity index is 1160. The van der Waals surface area contributed by atoms with Crippen LogP contribution < -0.4 is 9.62 Å². The molecule has 0 radical (unpaired) electrons. The zero-order valence-electron chi connectivity index (χ0n) is 18.8. The van der Waals surface area contributed by atoms with Gasteiger partial charge in [0.25, 0.3) is 0 Å². The molecule has 2 rings (SSSR count). The first-order valence-corrected chi connectivity index (χ1v) is 11.4. The van der Waals surface area contributed by atoms with Crippen molar-refractivity contribution in [3.8, 4) is 0 Å². The zero-order valence-corrected chi connectivity index (χ0v) is 19.6. The van der Waals surface area contributed by atoms with Gasteiger partial charge in [0.15, 0.2) is 0 Å². The molecule has 0 bridgehead atoms. The van der Waals surface area contributed by atoms with Gasteiger partial charge in [0.1, 0.15) is 6.04 Å². The Balaban J connectivity index is 2.47. The highest BCUT2D eigenvalue weighted by Gasteiger charge is 2.30. The predicted octanol–water partition coefficient (Wildman–Crippen LogP) is 2.67. The quantitative estimate of drug-likeness (QED) is 0.628. The molecule has 2 aromatic carbocycles. The van der Waals surface area contributed by atoms with Crippen LogP contribution in [0.25, 0.3) is 0 Å². The number of methoxy groups -OCH3 is 2. The van der Waals surface area contributed by atoms with E-state index in [-0.39, 0.29) is 16.8 Å². The van der Waals surface area contributed by atoms with E-state index in [4.69, 9.17) is 4.74 Å². The van der Waals surface area contributed by atoms with Gasteiger partial charge in [-0.3, -0.25) is 9.10 Å². The Hall–Kier alpha value is -3.40. The van der Waals surface area contributed by atoms with Crippen LogP contribution in [-0.4, -0.2) is 52.8 Å². The van der Waals surface area contributed by atoms with Crippen LogP contribution in [0.4, 0.5) is 11.4 Å². The maximum Gasteiger partial charge on any atom is 0.339 e. The topological polar surface area (TPSA) is 119 Å². The number of nitrogens with one attached hydrogen (secondary N) is 1. The largest absolute Gasteiger partial charge is 0.465 e.